The highest BCUT2D eigenvalue weighted by molar-refractivity contribution is 9.10. The van der Waals surface area contributed by atoms with Crippen molar-refractivity contribution in [2.24, 2.45) is 0 Å². The SMILES string of the molecule is O=C(CSc1nc2cc(Cl)ccc2s1)Nc1ccc(Br)cc1F. The van der Waals surface area contributed by atoms with Crippen LogP contribution in [-0.2, 0) is 4.79 Å². The molecule has 0 aliphatic carbocycles. The number of hydrogen-bond donors (Lipinski definition) is 1. The van der Waals surface area contributed by atoms with Gasteiger partial charge in [0.05, 0.1) is 21.7 Å². The normalized spacial score (nSPS) is 10.9. The van der Waals surface area contributed by atoms with E-state index in [1.165, 1.54) is 35.2 Å². The van der Waals surface area contributed by atoms with Gasteiger partial charge in [-0.25, -0.2) is 9.37 Å². The van der Waals surface area contributed by atoms with Crippen molar-refractivity contribution in [1.82, 2.24) is 4.98 Å². The molecule has 0 saturated carbocycles. The van der Waals surface area contributed by atoms with Gasteiger partial charge in [0.25, 0.3) is 0 Å². The van der Waals surface area contributed by atoms with Crippen molar-refractivity contribution in [3.8, 4) is 0 Å². The second-order valence-electron chi connectivity index (χ2n) is 4.55. The predicted octanol–water partition coefficient (Wildman–Crippen LogP) is 5.58. The number of nitrogens with zero attached hydrogens (tertiary/aromatic N) is 1. The lowest BCUT2D eigenvalue weighted by Gasteiger charge is -2.05. The lowest BCUT2D eigenvalue weighted by molar-refractivity contribution is -0.113. The number of rotatable bonds is 4. The summed E-state index contributed by atoms with van der Waals surface area (Å²) in [7, 11) is 0. The average Bonchev–Trinajstić information content (AvgIpc) is 2.90. The summed E-state index contributed by atoms with van der Waals surface area (Å²) in [4.78, 5) is 16.4. The second-order valence-corrected chi connectivity index (χ2v) is 8.16. The van der Waals surface area contributed by atoms with E-state index in [0.717, 1.165) is 14.6 Å². The number of thiazole rings is 1. The quantitative estimate of drug-likeness (QED) is 0.548. The number of carbonyl (C=O) groups is 1. The van der Waals surface area contributed by atoms with Crippen LogP contribution in [0.4, 0.5) is 10.1 Å². The predicted molar refractivity (Wildman–Crippen MR) is 98.1 cm³/mol. The Balaban J connectivity index is 1.63. The van der Waals surface area contributed by atoms with Crippen molar-refractivity contribution in [3.63, 3.8) is 0 Å². The summed E-state index contributed by atoms with van der Waals surface area (Å²) in [6.45, 7) is 0. The highest BCUT2D eigenvalue weighted by Gasteiger charge is 2.10. The molecule has 0 bridgehead atoms. The number of aromatic nitrogens is 1. The summed E-state index contributed by atoms with van der Waals surface area (Å²) in [6.07, 6.45) is 0. The minimum atomic E-state index is -0.479. The van der Waals surface area contributed by atoms with Crippen LogP contribution >= 0.6 is 50.6 Å². The summed E-state index contributed by atoms with van der Waals surface area (Å²) in [5.74, 6) is -0.607. The molecule has 0 unspecified atom stereocenters. The van der Waals surface area contributed by atoms with E-state index in [1.807, 2.05) is 6.07 Å². The maximum Gasteiger partial charge on any atom is 0.234 e. The molecule has 1 heterocycles. The van der Waals surface area contributed by atoms with Gasteiger partial charge in [-0.2, -0.15) is 0 Å². The molecule has 0 radical (unpaired) electrons. The first-order chi connectivity index (χ1) is 11.0. The summed E-state index contributed by atoms with van der Waals surface area (Å²) >= 11 is 11.9. The first-order valence-electron chi connectivity index (χ1n) is 6.45. The Labute approximate surface area is 153 Å². The molecule has 2 aromatic carbocycles. The van der Waals surface area contributed by atoms with Crippen LogP contribution in [0.2, 0.25) is 5.02 Å². The Bertz CT molecular complexity index is 887. The standard InChI is InChI=1S/C15H9BrClFN2OS2/c16-8-1-3-11(10(18)5-8)19-14(21)7-22-15-20-12-6-9(17)2-4-13(12)23-15/h1-6H,7H2,(H,19,21). The first kappa shape index (κ1) is 16.7. The lowest BCUT2D eigenvalue weighted by atomic mass is 10.3. The molecule has 23 heavy (non-hydrogen) atoms. The van der Waals surface area contributed by atoms with Crippen molar-refractivity contribution in [3.05, 3.63) is 51.7 Å². The number of fused-ring (bicyclic) bond motifs is 1. The van der Waals surface area contributed by atoms with E-state index in [9.17, 15) is 9.18 Å². The molecule has 0 aliphatic rings. The largest absolute Gasteiger partial charge is 0.323 e. The third-order valence-corrected chi connectivity index (χ3v) is 5.77. The number of carbonyl (C=O) groups excluding carboxylic acids is 1. The fourth-order valence-electron chi connectivity index (χ4n) is 1.85. The topological polar surface area (TPSA) is 42.0 Å². The Hall–Kier alpha value is -1.15. The molecular weight excluding hydrogens is 423 g/mol. The molecule has 0 saturated heterocycles. The molecule has 0 aliphatic heterocycles. The van der Waals surface area contributed by atoms with E-state index in [0.29, 0.717) is 9.50 Å². The number of benzene rings is 2. The number of thioether (sulfide) groups is 1. The molecule has 118 valence electrons. The van der Waals surface area contributed by atoms with Gasteiger partial charge in [0.1, 0.15) is 5.82 Å². The lowest BCUT2D eigenvalue weighted by Crippen LogP contribution is -2.14. The van der Waals surface area contributed by atoms with E-state index >= 15 is 0 Å². The van der Waals surface area contributed by atoms with Crippen LogP contribution in [0.25, 0.3) is 10.2 Å². The molecule has 8 heteroatoms. The van der Waals surface area contributed by atoms with Crippen molar-refractivity contribution in [1.29, 1.82) is 0 Å². The van der Waals surface area contributed by atoms with Gasteiger partial charge in [-0.15, -0.1) is 11.3 Å². The Morgan fingerprint density at radius 3 is 2.96 bits per heavy atom. The third kappa shape index (κ3) is 4.23. The van der Waals surface area contributed by atoms with E-state index in [1.54, 1.807) is 18.2 Å². The van der Waals surface area contributed by atoms with Gasteiger partial charge in [0.2, 0.25) is 5.91 Å². The van der Waals surface area contributed by atoms with Crippen LogP contribution in [-0.4, -0.2) is 16.6 Å². The molecule has 1 aromatic heterocycles. The van der Waals surface area contributed by atoms with Crippen LogP contribution < -0.4 is 5.32 Å². The molecule has 3 aromatic rings. The molecule has 1 N–H and O–H groups in total. The highest BCUT2D eigenvalue weighted by atomic mass is 79.9. The molecule has 0 spiro atoms. The minimum Gasteiger partial charge on any atom is -0.323 e. The van der Waals surface area contributed by atoms with E-state index in [-0.39, 0.29) is 17.3 Å². The van der Waals surface area contributed by atoms with Crippen molar-refractivity contribution in [2.75, 3.05) is 11.1 Å². The molecule has 0 fully saturated rings. The van der Waals surface area contributed by atoms with Gasteiger partial charge in [-0.1, -0.05) is 39.3 Å². The van der Waals surface area contributed by atoms with Crippen molar-refractivity contribution in [2.45, 2.75) is 4.34 Å². The number of amides is 1. The van der Waals surface area contributed by atoms with Crippen LogP contribution in [0.1, 0.15) is 0 Å². The first-order valence-corrected chi connectivity index (χ1v) is 9.42. The monoisotopic (exact) mass is 430 g/mol. The smallest absolute Gasteiger partial charge is 0.234 e. The zero-order chi connectivity index (χ0) is 16.4. The molecule has 1 amide bonds. The van der Waals surface area contributed by atoms with Crippen LogP contribution in [0.5, 0.6) is 0 Å². The van der Waals surface area contributed by atoms with E-state index in [2.05, 4.69) is 26.2 Å². The van der Waals surface area contributed by atoms with Gasteiger partial charge in [-0.05, 0) is 36.4 Å². The Morgan fingerprint density at radius 2 is 2.17 bits per heavy atom. The van der Waals surface area contributed by atoms with Crippen molar-refractivity contribution >= 4 is 72.4 Å². The Morgan fingerprint density at radius 1 is 1.35 bits per heavy atom. The zero-order valence-electron chi connectivity index (χ0n) is 11.5. The van der Waals surface area contributed by atoms with E-state index in [4.69, 9.17) is 11.6 Å². The highest BCUT2D eigenvalue weighted by Crippen LogP contribution is 2.31. The fraction of sp³-hybridized carbons (Fsp3) is 0.0667. The van der Waals surface area contributed by atoms with Crippen LogP contribution in [0.3, 0.4) is 0 Å². The summed E-state index contributed by atoms with van der Waals surface area (Å²) < 4.78 is 16.1. The molecule has 0 atom stereocenters. The molecule has 3 nitrogen and oxygen atoms in total. The summed E-state index contributed by atoms with van der Waals surface area (Å²) in [5, 5.41) is 3.18. The zero-order valence-corrected chi connectivity index (χ0v) is 15.5. The van der Waals surface area contributed by atoms with Crippen LogP contribution in [0, 0.1) is 5.82 Å². The number of halogens is 3. The maximum atomic E-state index is 13.7. The van der Waals surface area contributed by atoms with Gasteiger partial charge in [-0.3, -0.25) is 4.79 Å². The molecule has 3 rings (SSSR count). The van der Waals surface area contributed by atoms with Gasteiger partial charge < -0.3 is 5.32 Å². The van der Waals surface area contributed by atoms with Gasteiger partial charge in [0, 0.05) is 9.50 Å². The summed E-state index contributed by atoms with van der Waals surface area (Å²) in [5.41, 5.74) is 0.972. The number of hydrogen-bond acceptors (Lipinski definition) is 4. The van der Waals surface area contributed by atoms with Crippen LogP contribution in [0.15, 0.2) is 45.2 Å². The van der Waals surface area contributed by atoms with Crippen molar-refractivity contribution < 1.29 is 9.18 Å². The third-order valence-electron chi connectivity index (χ3n) is 2.86. The number of nitrogens with one attached hydrogen (secondary N) is 1. The Kier molecular flexibility index (Phi) is 5.21. The molecular formula is C15H9BrClFN2OS2. The second kappa shape index (κ2) is 7.17. The van der Waals surface area contributed by atoms with E-state index < -0.39 is 5.82 Å². The fourth-order valence-corrected chi connectivity index (χ4v) is 4.19. The average molecular weight is 432 g/mol. The maximum absolute atomic E-state index is 13.7. The van der Waals surface area contributed by atoms with Gasteiger partial charge >= 0.3 is 0 Å². The number of anilines is 1. The van der Waals surface area contributed by atoms with Gasteiger partial charge in [0.15, 0.2) is 4.34 Å². The minimum absolute atomic E-state index is 0.156. The summed E-state index contributed by atoms with van der Waals surface area (Å²) in [6, 6.07) is 9.98.